The lowest BCUT2D eigenvalue weighted by Gasteiger charge is -2.24. The minimum absolute atomic E-state index is 0.0199. The molecular weight excluding hydrogens is 264 g/mol. The molecule has 1 aliphatic heterocycles. The number of hydrogen-bond acceptors (Lipinski definition) is 3. The van der Waals surface area contributed by atoms with Crippen LogP contribution in [0.15, 0.2) is 30.3 Å². The Balaban J connectivity index is 1.92. The molecule has 1 fully saturated rings. The van der Waals surface area contributed by atoms with Crippen LogP contribution >= 0.6 is 11.6 Å². The van der Waals surface area contributed by atoms with Gasteiger partial charge in [0, 0.05) is 25.7 Å². The molecule has 104 valence electrons. The Labute approximate surface area is 118 Å². The normalized spacial score (nSPS) is 23.5. The largest absolute Gasteiger partial charge is 0.392 e. The van der Waals surface area contributed by atoms with Gasteiger partial charge in [-0.05, 0) is 12.0 Å². The summed E-state index contributed by atoms with van der Waals surface area (Å²) in [5.74, 6) is -0.184. The van der Waals surface area contributed by atoms with E-state index in [0.717, 1.165) is 6.54 Å². The number of amides is 1. The van der Waals surface area contributed by atoms with Gasteiger partial charge in [0.1, 0.15) is 5.88 Å². The third-order valence-corrected chi connectivity index (χ3v) is 3.63. The number of nitrogens with zero attached hydrogens (tertiary/aromatic N) is 1. The predicted molar refractivity (Wildman–Crippen MR) is 75.0 cm³/mol. The fraction of sp³-hybridized carbons (Fsp3) is 0.500. The number of alkyl halides is 1. The molecule has 2 atom stereocenters. The Hall–Kier alpha value is -1.10. The van der Waals surface area contributed by atoms with Crippen LogP contribution in [0.4, 0.5) is 0 Å². The van der Waals surface area contributed by atoms with E-state index in [-0.39, 0.29) is 23.9 Å². The fourth-order valence-corrected chi connectivity index (χ4v) is 2.55. The average Bonchev–Trinajstić information content (AvgIpc) is 2.77. The number of aliphatic hydroxyl groups excluding tert-OH is 1. The smallest absolute Gasteiger partial charge is 0.234 e. The van der Waals surface area contributed by atoms with Crippen LogP contribution in [-0.4, -0.2) is 47.0 Å². The lowest BCUT2D eigenvalue weighted by molar-refractivity contribution is -0.118. The summed E-state index contributed by atoms with van der Waals surface area (Å²) in [6.07, 6.45) is 0.372. The van der Waals surface area contributed by atoms with Crippen molar-refractivity contribution in [2.75, 3.05) is 19.0 Å². The van der Waals surface area contributed by atoms with Crippen molar-refractivity contribution < 1.29 is 9.90 Å². The van der Waals surface area contributed by atoms with Gasteiger partial charge in [0.15, 0.2) is 0 Å². The first-order chi connectivity index (χ1) is 9.19. The summed E-state index contributed by atoms with van der Waals surface area (Å²) in [5, 5.41) is 12.6. The molecule has 0 saturated carbocycles. The van der Waals surface area contributed by atoms with Crippen molar-refractivity contribution in [1.82, 2.24) is 10.2 Å². The number of aliphatic hydroxyl groups is 1. The zero-order chi connectivity index (χ0) is 13.7. The Kier molecular flexibility index (Phi) is 5.19. The van der Waals surface area contributed by atoms with Gasteiger partial charge in [-0.15, -0.1) is 11.6 Å². The van der Waals surface area contributed by atoms with Gasteiger partial charge in [-0.25, -0.2) is 0 Å². The van der Waals surface area contributed by atoms with Crippen LogP contribution in [0.2, 0.25) is 0 Å². The first-order valence-corrected chi connectivity index (χ1v) is 7.01. The number of carbonyl (C=O) groups is 1. The average molecular weight is 283 g/mol. The lowest BCUT2D eigenvalue weighted by atomic mass is 10.1. The van der Waals surface area contributed by atoms with Crippen molar-refractivity contribution in [3.63, 3.8) is 0 Å². The minimum Gasteiger partial charge on any atom is -0.392 e. The van der Waals surface area contributed by atoms with E-state index in [1.807, 2.05) is 18.2 Å². The second kappa shape index (κ2) is 6.89. The summed E-state index contributed by atoms with van der Waals surface area (Å²) in [7, 11) is 0. The van der Waals surface area contributed by atoms with Crippen LogP contribution in [0.1, 0.15) is 12.0 Å². The number of hydrogen-bond donors (Lipinski definition) is 2. The van der Waals surface area contributed by atoms with Crippen LogP contribution in [0, 0.1) is 0 Å². The number of nitrogens with one attached hydrogen (secondary N) is 1. The molecule has 19 heavy (non-hydrogen) atoms. The van der Waals surface area contributed by atoms with Crippen LogP contribution in [-0.2, 0) is 11.3 Å². The van der Waals surface area contributed by atoms with Gasteiger partial charge in [-0.3, -0.25) is 9.69 Å². The molecule has 1 aromatic rings. The molecule has 2 N–H and O–H groups in total. The maximum absolute atomic E-state index is 11.2. The van der Waals surface area contributed by atoms with Gasteiger partial charge in [0.25, 0.3) is 0 Å². The molecule has 5 heteroatoms. The molecule has 0 spiro atoms. The van der Waals surface area contributed by atoms with Gasteiger partial charge in [0.05, 0.1) is 6.10 Å². The topological polar surface area (TPSA) is 52.6 Å². The lowest BCUT2D eigenvalue weighted by Crippen LogP contribution is -2.40. The molecule has 1 saturated heterocycles. The van der Waals surface area contributed by atoms with Crippen molar-refractivity contribution in [3.8, 4) is 0 Å². The van der Waals surface area contributed by atoms with Gasteiger partial charge < -0.3 is 10.4 Å². The maximum Gasteiger partial charge on any atom is 0.234 e. The molecule has 1 aliphatic rings. The second-order valence-electron chi connectivity index (χ2n) is 4.90. The summed E-state index contributed by atoms with van der Waals surface area (Å²) in [6.45, 7) is 1.98. The molecule has 0 bridgehead atoms. The van der Waals surface area contributed by atoms with Crippen LogP contribution < -0.4 is 5.32 Å². The number of benzene rings is 1. The highest BCUT2D eigenvalue weighted by Crippen LogP contribution is 2.20. The second-order valence-corrected chi connectivity index (χ2v) is 5.16. The molecule has 1 amide bonds. The maximum atomic E-state index is 11.2. The van der Waals surface area contributed by atoms with Crippen LogP contribution in [0.25, 0.3) is 0 Å². The SMILES string of the molecule is O=C(CCl)NC[C@H]1C[C@H](O)CN1Cc1ccccc1. The minimum atomic E-state index is -0.318. The summed E-state index contributed by atoms with van der Waals surface area (Å²) >= 11 is 5.46. The molecule has 1 heterocycles. The Morgan fingerprint density at radius 1 is 1.42 bits per heavy atom. The zero-order valence-electron chi connectivity index (χ0n) is 10.8. The molecule has 2 rings (SSSR count). The van der Waals surface area contributed by atoms with Crippen molar-refractivity contribution in [2.24, 2.45) is 0 Å². The summed E-state index contributed by atoms with van der Waals surface area (Å²) in [6, 6.07) is 10.3. The van der Waals surface area contributed by atoms with E-state index in [0.29, 0.717) is 19.5 Å². The molecular formula is C14H19ClN2O2. The van der Waals surface area contributed by atoms with Gasteiger partial charge >= 0.3 is 0 Å². The molecule has 1 aromatic carbocycles. The van der Waals surface area contributed by atoms with E-state index in [2.05, 4.69) is 22.3 Å². The summed E-state index contributed by atoms with van der Waals surface area (Å²) < 4.78 is 0. The molecule has 0 radical (unpaired) electrons. The molecule has 0 unspecified atom stereocenters. The highest BCUT2D eigenvalue weighted by Gasteiger charge is 2.30. The number of likely N-dealkylation sites (tertiary alicyclic amines) is 1. The summed E-state index contributed by atoms with van der Waals surface area (Å²) in [4.78, 5) is 13.4. The van der Waals surface area contributed by atoms with E-state index in [1.165, 1.54) is 5.56 Å². The van der Waals surface area contributed by atoms with Gasteiger partial charge in [-0.1, -0.05) is 30.3 Å². The van der Waals surface area contributed by atoms with E-state index < -0.39 is 0 Å². The zero-order valence-corrected chi connectivity index (χ0v) is 11.5. The summed E-state index contributed by atoms with van der Waals surface area (Å²) in [5.41, 5.74) is 1.21. The van der Waals surface area contributed by atoms with Crippen molar-refractivity contribution in [3.05, 3.63) is 35.9 Å². The van der Waals surface area contributed by atoms with Crippen molar-refractivity contribution >= 4 is 17.5 Å². The van der Waals surface area contributed by atoms with E-state index in [9.17, 15) is 9.90 Å². The number of carbonyl (C=O) groups excluding carboxylic acids is 1. The Morgan fingerprint density at radius 2 is 2.16 bits per heavy atom. The van der Waals surface area contributed by atoms with Gasteiger partial charge in [0.2, 0.25) is 5.91 Å². The first-order valence-electron chi connectivity index (χ1n) is 6.47. The van der Waals surface area contributed by atoms with E-state index in [1.54, 1.807) is 0 Å². The van der Waals surface area contributed by atoms with E-state index >= 15 is 0 Å². The predicted octanol–water partition coefficient (Wildman–Crippen LogP) is 0.977. The van der Waals surface area contributed by atoms with E-state index in [4.69, 9.17) is 11.6 Å². The fourth-order valence-electron chi connectivity index (χ4n) is 2.46. The third-order valence-electron chi connectivity index (χ3n) is 3.39. The highest BCUT2D eigenvalue weighted by atomic mass is 35.5. The number of β-amino-alcohol motifs (C(OH)–C–C–N with tert-alkyl or cyclic N) is 1. The highest BCUT2D eigenvalue weighted by molar-refractivity contribution is 6.27. The quantitative estimate of drug-likeness (QED) is 0.792. The van der Waals surface area contributed by atoms with Crippen LogP contribution in [0.3, 0.4) is 0 Å². The Bertz CT molecular complexity index is 413. The van der Waals surface area contributed by atoms with Crippen molar-refractivity contribution in [1.29, 1.82) is 0 Å². The molecule has 0 aromatic heterocycles. The van der Waals surface area contributed by atoms with Crippen molar-refractivity contribution in [2.45, 2.75) is 25.1 Å². The van der Waals surface area contributed by atoms with Gasteiger partial charge in [-0.2, -0.15) is 0 Å². The Morgan fingerprint density at radius 3 is 2.84 bits per heavy atom. The standard InChI is InChI=1S/C14H19ClN2O2/c15-7-14(19)16-8-12-6-13(18)10-17(12)9-11-4-2-1-3-5-11/h1-5,12-13,18H,6-10H2,(H,16,19)/t12-,13+/m1/s1. The number of rotatable bonds is 5. The molecule has 4 nitrogen and oxygen atoms in total. The number of halogens is 1. The first kappa shape index (κ1) is 14.3. The molecule has 0 aliphatic carbocycles. The third kappa shape index (κ3) is 4.20. The van der Waals surface area contributed by atoms with Crippen LogP contribution in [0.5, 0.6) is 0 Å². The monoisotopic (exact) mass is 282 g/mol.